The number of Topliss-reactive ketones (excluding diaryl/α,β-unsaturated/α-hetero) is 2. The monoisotopic (exact) mass is 452 g/mol. The summed E-state index contributed by atoms with van der Waals surface area (Å²) in [4.78, 5) is 24.1. The molecule has 0 fully saturated rings. The molecule has 0 aliphatic rings. The summed E-state index contributed by atoms with van der Waals surface area (Å²) in [5.74, 6) is 0.00188. The minimum atomic E-state index is -4.40. The second-order valence-electron chi connectivity index (χ2n) is 8.85. The van der Waals surface area contributed by atoms with Crippen molar-refractivity contribution < 1.29 is 22.8 Å². The summed E-state index contributed by atoms with van der Waals surface area (Å²) in [6.45, 7) is 7.18. The molecule has 0 amide bonds. The highest BCUT2D eigenvalue weighted by Crippen LogP contribution is 2.36. The Hall–Kier alpha value is -3.21. The summed E-state index contributed by atoms with van der Waals surface area (Å²) in [6.07, 6.45) is -3.73. The van der Waals surface area contributed by atoms with Crippen LogP contribution in [-0.4, -0.2) is 11.6 Å². The Balaban J connectivity index is 2.15. The maximum absolute atomic E-state index is 13.0. The van der Waals surface area contributed by atoms with Crippen molar-refractivity contribution >= 4 is 11.6 Å². The number of hydrogen-bond acceptors (Lipinski definition) is 2. The lowest BCUT2D eigenvalue weighted by Crippen LogP contribution is -2.12. The molecule has 0 radical (unpaired) electrons. The average molecular weight is 453 g/mol. The van der Waals surface area contributed by atoms with Gasteiger partial charge in [0, 0.05) is 11.5 Å². The number of hydrogen-bond donors (Lipinski definition) is 0. The van der Waals surface area contributed by atoms with Gasteiger partial charge in [0.15, 0.2) is 5.78 Å². The van der Waals surface area contributed by atoms with Gasteiger partial charge in [-0.1, -0.05) is 62.4 Å². The van der Waals surface area contributed by atoms with Gasteiger partial charge < -0.3 is 0 Å². The molecule has 0 aromatic heterocycles. The Morgan fingerprint density at radius 3 is 1.64 bits per heavy atom. The Kier molecular flexibility index (Phi) is 7.21. The van der Waals surface area contributed by atoms with E-state index in [-0.39, 0.29) is 17.5 Å². The Morgan fingerprint density at radius 2 is 1.24 bits per heavy atom. The summed E-state index contributed by atoms with van der Waals surface area (Å²) in [7, 11) is 0. The van der Waals surface area contributed by atoms with E-state index in [4.69, 9.17) is 0 Å². The maximum atomic E-state index is 13.0. The van der Waals surface area contributed by atoms with Crippen molar-refractivity contribution in [1.29, 1.82) is 0 Å². The van der Waals surface area contributed by atoms with Crippen molar-refractivity contribution in [2.75, 3.05) is 0 Å². The molecule has 1 atom stereocenters. The van der Waals surface area contributed by atoms with E-state index in [0.717, 1.165) is 34.4 Å². The first-order valence-electron chi connectivity index (χ1n) is 10.9. The molecule has 1 unspecified atom stereocenters. The number of alkyl halides is 3. The van der Waals surface area contributed by atoms with E-state index in [1.165, 1.54) is 19.1 Å². The molecule has 33 heavy (non-hydrogen) atoms. The van der Waals surface area contributed by atoms with Gasteiger partial charge in [-0.25, -0.2) is 0 Å². The van der Waals surface area contributed by atoms with Crippen LogP contribution in [0, 0.1) is 5.92 Å². The topological polar surface area (TPSA) is 34.1 Å². The van der Waals surface area contributed by atoms with Crippen molar-refractivity contribution in [2.45, 2.75) is 46.2 Å². The lowest BCUT2D eigenvalue weighted by atomic mass is 9.84. The fraction of sp³-hybridized carbons (Fsp3) is 0.286. The second-order valence-corrected chi connectivity index (χ2v) is 8.85. The Bertz CT molecular complexity index is 1140. The number of benzene rings is 3. The van der Waals surface area contributed by atoms with E-state index in [9.17, 15) is 22.8 Å². The molecule has 0 aliphatic carbocycles. The van der Waals surface area contributed by atoms with E-state index < -0.39 is 11.7 Å². The number of halogens is 3. The van der Waals surface area contributed by atoms with Gasteiger partial charge in [-0.2, -0.15) is 13.2 Å². The maximum Gasteiger partial charge on any atom is 0.416 e. The molecule has 0 spiro atoms. The quantitative estimate of drug-likeness (QED) is 0.341. The van der Waals surface area contributed by atoms with Crippen molar-refractivity contribution in [3.8, 4) is 22.3 Å². The van der Waals surface area contributed by atoms with E-state index in [2.05, 4.69) is 13.8 Å². The summed E-state index contributed by atoms with van der Waals surface area (Å²) in [5, 5.41) is 0. The van der Waals surface area contributed by atoms with Gasteiger partial charge in [0.25, 0.3) is 0 Å². The molecule has 0 aliphatic heterocycles. The molecule has 0 bridgehead atoms. The molecule has 0 N–H and O–H groups in total. The molecule has 0 heterocycles. The van der Waals surface area contributed by atoms with E-state index in [0.29, 0.717) is 23.5 Å². The molecular weight excluding hydrogens is 425 g/mol. The van der Waals surface area contributed by atoms with Gasteiger partial charge in [0.05, 0.1) is 5.56 Å². The fourth-order valence-electron chi connectivity index (χ4n) is 3.94. The van der Waals surface area contributed by atoms with Gasteiger partial charge in [-0.15, -0.1) is 0 Å². The smallest absolute Gasteiger partial charge is 0.299 e. The zero-order chi connectivity index (χ0) is 24.3. The minimum Gasteiger partial charge on any atom is -0.299 e. The second kappa shape index (κ2) is 9.74. The molecule has 3 rings (SSSR count). The van der Waals surface area contributed by atoms with Crippen LogP contribution < -0.4 is 0 Å². The molecule has 0 saturated carbocycles. The average Bonchev–Trinajstić information content (AvgIpc) is 2.76. The van der Waals surface area contributed by atoms with Gasteiger partial charge in [-0.3, -0.25) is 9.59 Å². The number of ketones is 2. The molecule has 3 aromatic carbocycles. The molecule has 2 nitrogen and oxygen atoms in total. The largest absolute Gasteiger partial charge is 0.416 e. The zero-order valence-corrected chi connectivity index (χ0v) is 19.2. The van der Waals surface area contributed by atoms with Gasteiger partial charge in [-0.05, 0) is 72.2 Å². The van der Waals surface area contributed by atoms with Crippen molar-refractivity contribution in [2.24, 2.45) is 5.92 Å². The van der Waals surface area contributed by atoms with E-state index >= 15 is 0 Å². The van der Waals surface area contributed by atoms with Crippen LogP contribution in [0.25, 0.3) is 22.3 Å². The molecule has 3 aromatic rings. The van der Waals surface area contributed by atoms with Crippen molar-refractivity contribution in [3.63, 3.8) is 0 Å². The number of carbonyl (C=O) groups excluding carboxylic acids is 2. The first-order valence-corrected chi connectivity index (χ1v) is 10.9. The minimum absolute atomic E-state index is 0.0330. The van der Waals surface area contributed by atoms with Gasteiger partial charge >= 0.3 is 6.18 Å². The standard InChI is InChI=1S/C28H27F3O2/c1-17(2)13-27(19(4)33)25-15-23(21-7-5-20(6-8-21)18(3)32)14-24(16-25)22-9-11-26(12-10-22)28(29,30)31/h5-12,14-17,27H,13H2,1-4H3. The van der Waals surface area contributed by atoms with Crippen LogP contribution in [0.3, 0.4) is 0 Å². The van der Waals surface area contributed by atoms with Crippen molar-refractivity contribution in [1.82, 2.24) is 0 Å². The van der Waals surface area contributed by atoms with Crippen LogP contribution in [0.5, 0.6) is 0 Å². The first kappa shape index (κ1) is 24.4. The Labute approximate surface area is 192 Å². The van der Waals surface area contributed by atoms with Crippen molar-refractivity contribution in [3.05, 3.63) is 83.4 Å². The summed E-state index contributed by atoms with van der Waals surface area (Å²) < 4.78 is 39.0. The third-order valence-corrected chi connectivity index (χ3v) is 5.73. The molecule has 0 saturated heterocycles. The third kappa shape index (κ3) is 5.98. The first-order chi connectivity index (χ1) is 15.5. The van der Waals surface area contributed by atoms with E-state index in [1.54, 1.807) is 19.1 Å². The summed E-state index contributed by atoms with van der Waals surface area (Å²) in [5.41, 5.74) is 3.80. The predicted octanol–water partition coefficient (Wildman–Crippen LogP) is 7.96. The Morgan fingerprint density at radius 1 is 0.758 bits per heavy atom. The number of carbonyl (C=O) groups is 2. The van der Waals surface area contributed by atoms with Crippen LogP contribution in [0.15, 0.2) is 66.7 Å². The molecular formula is C28H27F3O2. The molecule has 172 valence electrons. The number of rotatable bonds is 7. The predicted molar refractivity (Wildman–Crippen MR) is 125 cm³/mol. The van der Waals surface area contributed by atoms with Crippen LogP contribution >= 0.6 is 0 Å². The fourth-order valence-corrected chi connectivity index (χ4v) is 3.94. The SMILES string of the molecule is CC(=O)c1ccc(-c2cc(-c3ccc(C(F)(F)F)cc3)cc(C(CC(C)C)C(C)=O)c2)cc1. The highest BCUT2D eigenvalue weighted by molar-refractivity contribution is 5.94. The lowest BCUT2D eigenvalue weighted by Gasteiger charge is -2.19. The normalized spacial score (nSPS) is 12.6. The highest BCUT2D eigenvalue weighted by Gasteiger charge is 2.30. The third-order valence-electron chi connectivity index (χ3n) is 5.73. The van der Waals surface area contributed by atoms with Gasteiger partial charge in [0.2, 0.25) is 0 Å². The molecule has 5 heteroatoms. The van der Waals surface area contributed by atoms with Crippen LogP contribution in [0.1, 0.15) is 61.5 Å². The highest BCUT2D eigenvalue weighted by atomic mass is 19.4. The lowest BCUT2D eigenvalue weighted by molar-refractivity contribution is -0.137. The van der Waals surface area contributed by atoms with Crippen LogP contribution in [-0.2, 0) is 11.0 Å². The zero-order valence-electron chi connectivity index (χ0n) is 19.2. The summed E-state index contributed by atoms with van der Waals surface area (Å²) >= 11 is 0. The van der Waals surface area contributed by atoms with Crippen LogP contribution in [0.2, 0.25) is 0 Å². The van der Waals surface area contributed by atoms with Crippen LogP contribution in [0.4, 0.5) is 13.2 Å². The van der Waals surface area contributed by atoms with Gasteiger partial charge in [0.1, 0.15) is 5.78 Å². The summed E-state index contributed by atoms with van der Waals surface area (Å²) in [6, 6.07) is 18.0. The van der Waals surface area contributed by atoms with E-state index in [1.807, 2.05) is 30.3 Å².